The SMILES string of the molecule is O=C(CS)NC(CO)C(=O)NC(CO)C(=O)NC(CO)C(=O)ON1C(=O)CCC1=O. The van der Waals surface area contributed by atoms with Crippen LogP contribution in [0.4, 0.5) is 0 Å². The van der Waals surface area contributed by atoms with Crippen LogP contribution in [-0.4, -0.2) is 99.6 Å². The summed E-state index contributed by atoms with van der Waals surface area (Å²) < 4.78 is 0. The van der Waals surface area contributed by atoms with E-state index in [1.54, 1.807) is 0 Å². The fourth-order valence-electron chi connectivity index (χ4n) is 2.16. The van der Waals surface area contributed by atoms with Crippen LogP contribution in [-0.2, 0) is 33.6 Å². The van der Waals surface area contributed by atoms with Crippen LogP contribution in [0.15, 0.2) is 0 Å². The number of imide groups is 1. The summed E-state index contributed by atoms with van der Waals surface area (Å²) in [7, 11) is 0. The molecule has 5 amide bonds. The maximum absolute atomic E-state index is 12.2. The summed E-state index contributed by atoms with van der Waals surface area (Å²) in [5.74, 6) is -5.95. The molecule has 15 heteroatoms. The smallest absolute Gasteiger partial charge is 0.357 e. The van der Waals surface area contributed by atoms with Crippen LogP contribution >= 0.6 is 12.6 Å². The molecule has 0 radical (unpaired) electrons. The number of hydroxylamine groups is 2. The number of carbonyl (C=O) groups is 6. The first kappa shape index (κ1) is 25.3. The third-order valence-corrected chi connectivity index (χ3v) is 4.05. The van der Waals surface area contributed by atoms with Gasteiger partial charge in [-0.05, 0) is 0 Å². The lowest BCUT2D eigenvalue weighted by atomic mass is 10.2. The van der Waals surface area contributed by atoms with Gasteiger partial charge in [0, 0.05) is 12.8 Å². The van der Waals surface area contributed by atoms with Gasteiger partial charge in [-0.25, -0.2) is 4.79 Å². The van der Waals surface area contributed by atoms with Crippen LogP contribution in [0.5, 0.6) is 0 Å². The average Bonchev–Trinajstić information content (AvgIpc) is 3.05. The number of hydrogen-bond acceptors (Lipinski definition) is 11. The van der Waals surface area contributed by atoms with Crippen molar-refractivity contribution in [1.29, 1.82) is 0 Å². The summed E-state index contributed by atoms with van der Waals surface area (Å²) in [4.78, 5) is 75.1. The number of nitrogens with zero attached hydrogens (tertiary/aromatic N) is 1. The topological polar surface area (TPSA) is 212 Å². The van der Waals surface area contributed by atoms with Crippen LogP contribution in [0.2, 0.25) is 0 Å². The molecule has 1 rings (SSSR count). The Hall–Kier alpha value is -2.75. The van der Waals surface area contributed by atoms with Crippen molar-refractivity contribution in [2.24, 2.45) is 0 Å². The van der Waals surface area contributed by atoms with E-state index in [-0.39, 0.29) is 23.7 Å². The molecule has 0 aromatic rings. The summed E-state index contributed by atoms with van der Waals surface area (Å²) in [6.45, 7) is -2.73. The van der Waals surface area contributed by atoms with Gasteiger partial charge in [0.2, 0.25) is 17.7 Å². The van der Waals surface area contributed by atoms with Crippen molar-refractivity contribution < 1.29 is 48.9 Å². The van der Waals surface area contributed by atoms with Crippen molar-refractivity contribution >= 4 is 48.1 Å². The van der Waals surface area contributed by atoms with Gasteiger partial charge in [0.25, 0.3) is 11.8 Å². The number of thiol groups is 1. The first-order valence-electron chi connectivity index (χ1n) is 8.59. The molecule has 168 valence electrons. The number of hydrogen-bond donors (Lipinski definition) is 7. The molecule has 1 aliphatic heterocycles. The van der Waals surface area contributed by atoms with Crippen LogP contribution in [0.25, 0.3) is 0 Å². The highest BCUT2D eigenvalue weighted by molar-refractivity contribution is 7.81. The second-order valence-corrected chi connectivity index (χ2v) is 6.26. The Balaban J connectivity index is 2.71. The van der Waals surface area contributed by atoms with E-state index in [0.717, 1.165) is 0 Å². The second kappa shape index (κ2) is 12.1. The molecule has 14 nitrogen and oxygen atoms in total. The van der Waals surface area contributed by atoms with Crippen molar-refractivity contribution in [3.8, 4) is 0 Å². The average molecular weight is 450 g/mol. The van der Waals surface area contributed by atoms with Gasteiger partial charge in [0.05, 0.1) is 25.6 Å². The van der Waals surface area contributed by atoms with Crippen LogP contribution in [0.3, 0.4) is 0 Å². The van der Waals surface area contributed by atoms with E-state index in [2.05, 4.69) is 22.8 Å². The largest absolute Gasteiger partial charge is 0.394 e. The first-order valence-corrected chi connectivity index (χ1v) is 9.22. The number of rotatable bonds is 11. The number of amides is 5. The molecule has 0 aromatic heterocycles. The fourth-order valence-corrected chi connectivity index (χ4v) is 2.25. The van der Waals surface area contributed by atoms with Crippen molar-refractivity contribution in [2.45, 2.75) is 31.0 Å². The summed E-state index contributed by atoms with van der Waals surface area (Å²) in [6, 6.07) is -4.78. The van der Waals surface area contributed by atoms with Gasteiger partial charge in [-0.3, -0.25) is 24.0 Å². The molecule has 0 aromatic carbocycles. The predicted octanol–water partition coefficient (Wildman–Crippen LogP) is -5.05. The molecule has 0 bridgehead atoms. The van der Waals surface area contributed by atoms with E-state index in [1.807, 2.05) is 10.6 Å². The van der Waals surface area contributed by atoms with Gasteiger partial charge in [-0.15, -0.1) is 5.06 Å². The third kappa shape index (κ3) is 6.94. The van der Waals surface area contributed by atoms with Crippen LogP contribution in [0.1, 0.15) is 12.8 Å². The zero-order chi connectivity index (χ0) is 22.8. The molecule has 0 aliphatic carbocycles. The lowest BCUT2D eigenvalue weighted by Gasteiger charge is -2.23. The first-order chi connectivity index (χ1) is 14.2. The molecule has 1 aliphatic rings. The minimum atomic E-state index is -1.72. The van der Waals surface area contributed by atoms with Crippen molar-refractivity contribution in [3.63, 3.8) is 0 Å². The fraction of sp³-hybridized carbons (Fsp3) is 0.600. The quantitative estimate of drug-likeness (QED) is 0.118. The highest BCUT2D eigenvalue weighted by Crippen LogP contribution is 2.12. The summed E-state index contributed by atoms with van der Waals surface area (Å²) in [5.41, 5.74) is 0. The molecule has 6 N–H and O–H groups in total. The molecular weight excluding hydrogens is 428 g/mol. The Bertz CT molecular complexity index is 687. The number of aliphatic hydroxyl groups excluding tert-OH is 3. The van der Waals surface area contributed by atoms with Gasteiger partial charge < -0.3 is 36.1 Å². The minimum absolute atomic E-state index is 0.156. The summed E-state index contributed by atoms with van der Waals surface area (Å²) in [5, 5.41) is 34.2. The summed E-state index contributed by atoms with van der Waals surface area (Å²) in [6.07, 6.45) is -0.312. The lowest BCUT2D eigenvalue weighted by Crippen LogP contribution is -2.58. The molecule has 1 fully saturated rings. The van der Waals surface area contributed by atoms with Gasteiger partial charge in [-0.1, -0.05) is 0 Å². The standard InChI is InChI=1S/C15H22N4O10S/c20-3-7(16-10(23)6-30)13(26)17-8(4-21)14(27)18-9(5-22)15(28)29-19-11(24)1-2-12(19)25/h7-9,20-22,30H,1-6H2,(H,16,23)(H,17,26)(H,18,27). The Kier molecular flexibility index (Phi) is 10.2. The van der Waals surface area contributed by atoms with E-state index in [1.165, 1.54) is 0 Å². The molecule has 3 atom stereocenters. The molecule has 0 spiro atoms. The molecular formula is C15H22N4O10S. The number of aliphatic hydroxyl groups is 3. The van der Waals surface area contributed by atoms with Crippen molar-refractivity contribution in [2.75, 3.05) is 25.6 Å². The Morgan fingerprint density at radius 1 is 0.867 bits per heavy atom. The van der Waals surface area contributed by atoms with Crippen molar-refractivity contribution in [1.82, 2.24) is 21.0 Å². The maximum Gasteiger partial charge on any atom is 0.357 e. The highest BCUT2D eigenvalue weighted by atomic mass is 32.1. The third-order valence-electron chi connectivity index (χ3n) is 3.76. The van der Waals surface area contributed by atoms with E-state index in [0.29, 0.717) is 0 Å². The highest BCUT2D eigenvalue weighted by Gasteiger charge is 2.36. The van der Waals surface area contributed by atoms with Crippen molar-refractivity contribution in [3.05, 3.63) is 0 Å². The second-order valence-electron chi connectivity index (χ2n) is 5.94. The van der Waals surface area contributed by atoms with Gasteiger partial charge in [0.1, 0.15) is 12.1 Å². The maximum atomic E-state index is 12.2. The van der Waals surface area contributed by atoms with Gasteiger partial charge >= 0.3 is 5.97 Å². The zero-order valence-electron chi connectivity index (χ0n) is 15.6. The van der Waals surface area contributed by atoms with E-state index in [9.17, 15) is 44.1 Å². The van der Waals surface area contributed by atoms with E-state index in [4.69, 9.17) is 0 Å². The van der Waals surface area contributed by atoms with Crippen LogP contribution < -0.4 is 16.0 Å². The number of carbonyl (C=O) groups excluding carboxylic acids is 6. The Labute approximate surface area is 175 Å². The van der Waals surface area contributed by atoms with Crippen LogP contribution in [0, 0.1) is 0 Å². The lowest BCUT2D eigenvalue weighted by molar-refractivity contribution is -0.199. The minimum Gasteiger partial charge on any atom is -0.394 e. The molecule has 3 unspecified atom stereocenters. The van der Waals surface area contributed by atoms with E-state index < -0.39 is 73.5 Å². The Morgan fingerprint density at radius 3 is 1.73 bits per heavy atom. The van der Waals surface area contributed by atoms with E-state index >= 15 is 0 Å². The molecule has 30 heavy (non-hydrogen) atoms. The molecule has 1 heterocycles. The predicted molar refractivity (Wildman–Crippen MR) is 98.1 cm³/mol. The number of nitrogens with one attached hydrogen (secondary N) is 3. The zero-order valence-corrected chi connectivity index (χ0v) is 16.5. The normalized spacial score (nSPS) is 16.5. The molecule has 1 saturated heterocycles. The van der Waals surface area contributed by atoms with Gasteiger partial charge in [0.15, 0.2) is 6.04 Å². The molecule has 0 saturated carbocycles. The monoisotopic (exact) mass is 450 g/mol. The Morgan fingerprint density at radius 2 is 1.30 bits per heavy atom. The van der Waals surface area contributed by atoms with Gasteiger partial charge in [-0.2, -0.15) is 12.6 Å². The summed E-state index contributed by atoms with van der Waals surface area (Å²) >= 11 is 3.70.